The monoisotopic (exact) mass is 259 g/mol. The van der Waals surface area contributed by atoms with E-state index in [0.717, 1.165) is 31.6 Å². The van der Waals surface area contributed by atoms with E-state index in [2.05, 4.69) is 22.3 Å². The molecule has 1 amide bonds. The van der Waals surface area contributed by atoms with Crippen LogP contribution in [-0.4, -0.2) is 36.5 Å². The van der Waals surface area contributed by atoms with Crippen molar-refractivity contribution in [1.29, 1.82) is 0 Å². The number of nitrogens with two attached hydrogens (primary N) is 1. The minimum atomic E-state index is 0.0621. The van der Waals surface area contributed by atoms with Crippen molar-refractivity contribution in [3.8, 4) is 0 Å². The van der Waals surface area contributed by atoms with E-state index in [-0.39, 0.29) is 11.9 Å². The Hall–Kier alpha value is -1.39. The van der Waals surface area contributed by atoms with Gasteiger partial charge in [-0.25, -0.2) is 0 Å². The molecule has 4 nitrogen and oxygen atoms in total. The van der Waals surface area contributed by atoms with Crippen LogP contribution in [0.25, 0.3) is 0 Å². The zero-order valence-corrected chi connectivity index (χ0v) is 11.2. The van der Waals surface area contributed by atoms with Crippen LogP contribution in [0.15, 0.2) is 18.2 Å². The fourth-order valence-electron chi connectivity index (χ4n) is 3.06. The van der Waals surface area contributed by atoms with Crippen molar-refractivity contribution in [2.75, 3.05) is 25.0 Å². The second-order valence-corrected chi connectivity index (χ2v) is 5.67. The first-order valence-electron chi connectivity index (χ1n) is 7.10. The second kappa shape index (κ2) is 5.31. The third-order valence-corrected chi connectivity index (χ3v) is 4.06. The highest BCUT2D eigenvalue weighted by Gasteiger charge is 2.21. The lowest BCUT2D eigenvalue weighted by molar-refractivity contribution is -0.117. The van der Waals surface area contributed by atoms with E-state index in [0.29, 0.717) is 6.54 Å². The highest BCUT2D eigenvalue weighted by Crippen LogP contribution is 2.24. The highest BCUT2D eigenvalue weighted by molar-refractivity contribution is 5.92. The molecule has 3 N–H and O–H groups in total. The summed E-state index contributed by atoms with van der Waals surface area (Å²) in [6.45, 7) is 2.21. The number of benzene rings is 1. The van der Waals surface area contributed by atoms with Gasteiger partial charge in [-0.15, -0.1) is 0 Å². The van der Waals surface area contributed by atoms with Gasteiger partial charge in [-0.05, 0) is 48.9 Å². The number of carbonyl (C=O) groups excluding carboxylic acids is 1. The molecule has 4 heteroatoms. The topological polar surface area (TPSA) is 58.4 Å². The Morgan fingerprint density at radius 2 is 2.21 bits per heavy atom. The van der Waals surface area contributed by atoms with Crippen molar-refractivity contribution >= 4 is 11.6 Å². The Bertz CT molecular complexity index is 486. The predicted molar refractivity (Wildman–Crippen MR) is 76.1 cm³/mol. The molecule has 3 rings (SSSR count). The standard InChI is InChI=1S/C15H21N3O/c16-13-6-7-18(9-13)10-15(19)17-14-5-4-11-2-1-3-12(11)8-14/h4-5,8,13H,1-3,6-7,9-10,16H2,(H,17,19)/t13-/m1/s1. The summed E-state index contributed by atoms with van der Waals surface area (Å²) in [6.07, 6.45) is 4.54. The van der Waals surface area contributed by atoms with Crippen molar-refractivity contribution in [1.82, 2.24) is 4.90 Å². The lowest BCUT2D eigenvalue weighted by atomic mass is 10.1. The van der Waals surface area contributed by atoms with E-state index in [1.54, 1.807) is 0 Å². The van der Waals surface area contributed by atoms with Crippen LogP contribution in [0, 0.1) is 0 Å². The normalized spacial score (nSPS) is 22.5. The number of likely N-dealkylation sites (tertiary alicyclic amines) is 1. The van der Waals surface area contributed by atoms with Crippen molar-refractivity contribution in [2.45, 2.75) is 31.7 Å². The summed E-state index contributed by atoms with van der Waals surface area (Å²) in [4.78, 5) is 14.1. The number of nitrogens with zero attached hydrogens (tertiary/aromatic N) is 1. The molecule has 102 valence electrons. The van der Waals surface area contributed by atoms with Gasteiger partial charge < -0.3 is 11.1 Å². The number of carbonyl (C=O) groups is 1. The molecule has 1 aromatic rings. The maximum atomic E-state index is 12.0. The Balaban J connectivity index is 1.57. The number of aryl methyl sites for hydroxylation is 2. The number of nitrogens with one attached hydrogen (secondary N) is 1. The zero-order valence-electron chi connectivity index (χ0n) is 11.2. The van der Waals surface area contributed by atoms with Crippen LogP contribution in [0.3, 0.4) is 0 Å². The van der Waals surface area contributed by atoms with Gasteiger partial charge in [-0.2, -0.15) is 0 Å². The van der Waals surface area contributed by atoms with Gasteiger partial charge in [-0.3, -0.25) is 9.69 Å². The van der Waals surface area contributed by atoms with Crippen LogP contribution in [0.5, 0.6) is 0 Å². The molecule has 1 aromatic carbocycles. The minimum Gasteiger partial charge on any atom is -0.326 e. The van der Waals surface area contributed by atoms with Crippen molar-refractivity contribution in [2.24, 2.45) is 5.73 Å². The number of amides is 1. The Morgan fingerprint density at radius 1 is 1.37 bits per heavy atom. The summed E-state index contributed by atoms with van der Waals surface area (Å²) in [6, 6.07) is 6.50. The van der Waals surface area contributed by atoms with E-state index in [1.807, 2.05) is 6.07 Å². The second-order valence-electron chi connectivity index (χ2n) is 5.67. The van der Waals surface area contributed by atoms with E-state index in [4.69, 9.17) is 5.73 Å². The number of hydrogen-bond donors (Lipinski definition) is 2. The van der Waals surface area contributed by atoms with Gasteiger partial charge in [0.15, 0.2) is 0 Å². The Kier molecular flexibility index (Phi) is 3.53. The Morgan fingerprint density at radius 3 is 3.00 bits per heavy atom. The predicted octanol–water partition coefficient (Wildman–Crippen LogP) is 1.15. The van der Waals surface area contributed by atoms with E-state index in [9.17, 15) is 4.79 Å². The maximum Gasteiger partial charge on any atom is 0.238 e. The molecule has 0 radical (unpaired) electrons. The number of rotatable bonds is 3. The summed E-state index contributed by atoms with van der Waals surface area (Å²) in [5, 5.41) is 2.99. The third kappa shape index (κ3) is 2.96. The van der Waals surface area contributed by atoms with Gasteiger partial charge in [0.2, 0.25) is 5.91 Å². The zero-order chi connectivity index (χ0) is 13.2. The van der Waals surface area contributed by atoms with E-state index < -0.39 is 0 Å². The van der Waals surface area contributed by atoms with Crippen LogP contribution in [0.1, 0.15) is 24.0 Å². The first-order chi connectivity index (χ1) is 9.20. The SMILES string of the molecule is N[C@@H]1CCN(CC(=O)Nc2ccc3c(c2)CCC3)C1. The largest absolute Gasteiger partial charge is 0.326 e. The van der Waals surface area contributed by atoms with Crippen LogP contribution in [-0.2, 0) is 17.6 Å². The van der Waals surface area contributed by atoms with Gasteiger partial charge in [-0.1, -0.05) is 6.07 Å². The van der Waals surface area contributed by atoms with Crippen LogP contribution >= 0.6 is 0 Å². The molecular weight excluding hydrogens is 238 g/mol. The molecule has 0 unspecified atom stereocenters. The average Bonchev–Trinajstić information content (AvgIpc) is 2.97. The molecule has 1 saturated heterocycles. The minimum absolute atomic E-state index is 0.0621. The molecule has 0 bridgehead atoms. The summed E-state index contributed by atoms with van der Waals surface area (Å²) in [5.74, 6) is 0.0621. The smallest absolute Gasteiger partial charge is 0.238 e. The first kappa shape index (κ1) is 12.6. The number of fused-ring (bicyclic) bond motifs is 1. The lowest BCUT2D eigenvalue weighted by Crippen LogP contribution is -2.33. The van der Waals surface area contributed by atoms with Gasteiger partial charge in [0, 0.05) is 24.8 Å². The van der Waals surface area contributed by atoms with Crippen LogP contribution < -0.4 is 11.1 Å². The van der Waals surface area contributed by atoms with E-state index in [1.165, 1.54) is 24.0 Å². The molecule has 19 heavy (non-hydrogen) atoms. The molecule has 0 aromatic heterocycles. The fraction of sp³-hybridized carbons (Fsp3) is 0.533. The van der Waals surface area contributed by atoms with Gasteiger partial charge in [0.1, 0.15) is 0 Å². The quantitative estimate of drug-likeness (QED) is 0.856. The third-order valence-electron chi connectivity index (χ3n) is 4.06. The molecule has 1 aliphatic heterocycles. The van der Waals surface area contributed by atoms with Gasteiger partial charge in [0.25, 0.3) is 0 Å². The van der Waals surface area contributed by atoms with Gasteiger partial charge >= 0.3 is 0 Å². The highest BCUT2D eigenvalue weighted by atomic mass is 16.2. The first-order valence-corrected chi connectivity index (χ1v) is 7.10. The summed E-state index contributed by atoms with van der Waals surface area (Å²) in [7, 11) is 0. The molecule has 2 aliphatic rings. The lowest BCUT2D eigenvalue weighted by Gasteiger charge is -2.15. The number of hydrogen-bond acceptors (Lipinski definition) is 3. The van der Waals surface area contributed by atoms with Gasteiger partial charge in [0.05, 0.1) is 6.54 Å². The average molecular weight is 259 g/mol. The molecule has 0 saturated carbocycles. The number of anilines is 1. The molecule has 1 fully saturated rings. The molecule has 0 spiro atoms. The van der Waals surface area contributed by atoms with Crippen LogP contribution in [0.4, 0.5) is 5.69 Å². The molecule has 1 aliphatic carbocycles. The summed E-state index contributed by atoms with van der Waals surface area (Å²) in [5.41, 5.74) is 9.59. The summed E-state index contributed by atoms with van der Waals surface area (Å²) < 4.78 is 0. The van der Waals surface area contributed by atoms with Crippen molar-refractivity contribution in [3.63, 3.8) is 0 Å². The molecule has 1 atom stereocenters. The summed E-state index contributed by atoms with van der Waals surface area (Å²) >= 11 is 0. The molecular formula is C15H21N3O. The fourth-order valence-corrected chi connectivity index (χ4v) is 3.06. The van der Waals surface area contributed by atoms with Crippen molar-refractivity contribution in [3.05, 3.63) is 29.3 Å². The van der Waals surface area contributed by atoms with E-state index >= 15 is 0 Å². The molecule has 1 heterocycles. The maximum absolute atomic E-state index is 12.0. The van der Waals surface area contributed by atoms with Crippen molar-refractivity contribution < 1.29 is 4.79 Å². The van der Waals surface area contributed by atoms with Crippen LogP contribution in [0.2, 0.25) is 0 Å². The Labute approximate surface area is 114 Å².